The summed E-state index contributed by atoms with van der Waals surface area (Å²) < 4.78 is 0. The van der Waals surface area contributed by atoms with Crippen molar-refractivity contribution in [3.8, 4) is 0 Å². The highest BCUT2D eigenvalue weighted by molar-refractivity contribution is 5.83. The van der Waals surface area contributed by atoms with Gasteiger partial charge < -0.3 is 5.32 Å². The number of benzene rings is 1. The molecule has 0 amide bonds. The highest BCUT2D eigenvalue weighted by Gasteiger charge is 1.94. The molecule has 0 bridgehead atoms. The number of nitrogens with one attached hydrogen (secondary N) is 1. The molecule has 0 aliphatic heterocycles. The molecule has 1 aromatic carbocycles. The number of para-hydroxylation sites is 1. The third-order valence-corrected chi connectivity index (χ3v) is 1.36. The van der Waals surface area contributed by atoms with E-state index in [1.54, 1.807) is 13.1 Å². The Bertz CT molecular complexity index is 234. The molecule has 0 atom stereocenters. The van der Waals surface area contributed by atoms with E-state index in [4.69, 9.17) is 0 Å². The van der Waals surface area contributed by atoms with Gasteiger partial charge in [0.05, 0.1) is 0 Å². The monoisotopic (exact) mass is 195 g/mol. The fraction of sp³-hybridized carbons (Fsp3) is 0.417. The predicted octanol–water partition coefficient (Wildman–Crippen LogP) is 3.59. The number of hydrogen-bond acceptors (Lipinski definition) is 2. The molecule has 1 aromatic rings. The summed E-state index contributed by atoms with van der Waals surface area (Å²) in [7, 11) is 1.79. The second kappa shape index (κ2) is 11.7. The Kier molecular flexibility index (Phi) is 12.7. The Balaban J connectivity index is 0. The van der Waals surface area contributed by atoms with Gasteiger partial charge in [0, 0.05) is 18.3 Å². The number of anilines is 1. The minimum Gasteiger partial charge on any atom is -0.388 e. The SMILES string of the molecule is CC.CC.CNc1ccccc1C=O. The van der Waals surface area contributed by atoms with Crippen molar-refractivity contribution in [3.63, 3.8) is 0 Å². The Labute approximate surface area is 87.3 Å². The van der Waals surface area contributed by atoms with Gasteiger partial charge in [0.1, 0.15) is 0 Å². The number of carbonyl (C=O) groups is 1. The maximum absolute atomic E-state index is 10.3. The number of hydrogen-bond donors (Lipinski definition) is 1. The second-order valence-corrected chi connectivity index (χ2v) is 1.96. The Morgan fingerprint density at radius 2 is 1.57 bits per heavy atom. The van der Waals surface area contributed by atoms with Gasteiger partial charge in [0.2, 0.25) is 0 Å². The summed E-state index contributed by atoms with van der Waals surface area (Å²) in [5, 5.41) is 2.92. The van der Waals surface area contributed by atoms with E-state index in [1.165, 1.54) is 0 Å². The van der Waals surface area contributed by atoms with Crippen LogP contribution in [0.15, 0.2) is 24.3 Å². The van der Waals surface area contributed by atoms with Crippen LogP contribution >= 0.6 is 0 Å². The minimum atomic E-state index is 0.699. The molecule has 0 spiro atoms. The summed E-state index contributed by atoms with van der Waals surface area (Å²) in [6, 6.07) is 7.37. The third kappa shape index (κ3) is 5.36. The third-order valence-electron chi connectivity index (χ3n) is 1.36. The van der Waals surface area contributed by atoms with E-state index in [0.29, 0.717) is 5.56 Å². The van der Waals surface area contributed by atoms with Gasteiger partial charge >= 0.3 is 0 Å². The number of aldehydes is 1. The largest absolute Gasteiger partial charge is 0.388 e. The molecule has 0 saturated heterocycles. The fourth-order valence-electron chi connectivity index (χ4n) is 0.827. The molecule has 0 unspecified atom stereocenters. The van der Waals surface area contributed by atoms with Crippen LogP contribution in [0.2, 0.25) is 0 Å². The van der Waals surface area contributed by atoms with Crippen molar-refractivity contribution in [2.45, 2.75) is 27.7 Å². The summed E-state index contributed by atoms with van der Waals surface area (Å²) >= 11 is 0. The lowest BCUT2D eigenvalue weighted by Gasteiger charge is -2.00. The van der Waals surface area contributed by atoms with E-state index in [2.05, 4.69) is 5.32 Å². The summed E-state index contributed by atoms with van der Waals surface area (Å²) in [5.74, 6) is 0. The van der Waals surface area contributed by atoms with Crippen LogP contribution in [0.5, 0.6) is 0 Å². The van der Waals surface area contributed by atoms with Gasteiger partial charge in [-0.15, -0.1) is 0 Å². The number of carbonyl (C=O) groups excluding carboxylic acids is 1. The van der Waals surface area contributed by atoms with Crippen LogP contribution in [0.4, 0.5) is 5.69 Å². The molecule has 0 saturated carbocycles. The van der Waals surface area contributed by atoms with Crippen LogP contribution in [-0.2, 0) is 0 Å². The Hall–Kier alpha value is -1.31. The van der Waals surface area contributed by atoms with Crippen molar-refractivity contribution >= 4 is 12.0 Å². The van der Waals surface area contributed by atoms with Crippen LogP contribution in [0.25, 0.3) is 0 Å². The molecule has 80 valence electrons. The van der Waals surface area contributed by atoms with Gasteiger partial charge in [0.15, 0.2) is 6.29 Å². The molecule has 0 heterocycles. The van der Waals surface area contributed by atoms with E-state index < -0.39 is 0 Å². The highest BCUT2D eigenvalue weighted by atomic mass is 16.1. The highest BCUT2D eigenvalue weighted by Crippen LogP contribution is 2.10. The normalized spacial score (nSPS) is 7.21. The van der Waals surface area contributed by atoms with E-state index in [-0.39, 0.29) is 0 Å². The standard InChI is InChI=1S/C8H9NO.2C2H6/c1-9-8-5-3-2-4-7(8)6-10;2*1-2/h2-6,9H,1H3;2*1-2H3. The molecular formula is C12H21NO. The first-order valence-corrected chi connectivity index (χ1v) is 5.10. The first-order valence-electron chi connectivity index (χ1n) is 5.10. The molecule has 0 radical (unpaired) electrons. The average Bonchev–Trinajstić information content (AvgIpc) is 2.34. The van der Waals surface area contributed by atoms with Crippen LogP contribution in [0.1, 0.15) is 38.1 Å². The van der Waals surface area contributed by atoms with Crippen LogP contribution in [0, 0.1) is 0 Å². The first-order chi connectivity index (χ1) is 6.88. The van der Waals surface area contributed by atoms with Crippen LogP contribution < -0.4 is 5.32 Å². The Morgan fingerprint density at radius 1 is 1.07 bits per heavy atom. The van der Waals surface area contributed by atoms with Crippen molar-refractivity contribution in [1.29, 1.82) is 0 Å². The van der Waals surface area contributed by atoms with Gasteiger partial charge in [-0.05, 0) is 12.1 Å². The van der Waals surface area contributed by atoms with Crippen molar-refractivity contribution in [1.82, 2.24) is 0 Å². The molecular weight excluding hydrogens is 174 g/mol. The molecule has 14 heavy (non-hydrogen) atoms. The van der Waals surface area contributed by atoms with Crippen molar-refractivity contribution in [2.24, 2.45) is 0 Å². The Morgan fingerprint density at radius 3 is 1.93 bits per heavy atom. The topological polar surface area (TPSA) is 29.1 Å². The van der Waals surface area contributed by atoms with Crippen molar-refractivity contribution < 1.29 is 4.79 Å². The zero-order valence-corrected chi connectivity index (χ0v) is 9.79. The lowest BCUT2D eigenvalue weighted by molar-refractivity contribution is 0.112. The van der Waals surface area contributed by atoms with Crippen molar-refractivity contribution in [2.75, 3.05) is 12.4 Å². The molecule has 0 aromatic heterocycles. The summed E-state index contributed by atoms with van der Waals surface area (Å²) in [5.41, 5.74) is 1.57. The average molecular weight is 195 g/mol. The zero-order chi connectivity index (χ0) is 11.4. The van der Waals surface area contributed by atoms with Gasteiger partial charge in [-0.25, -0.2) is 0 Å². The molecule has 2 nitrogen and oxygen atoms in total. The van der Waals surface area contributed by atoms with E-state index in [0.717, 1.165) is 12.0 Å². The van der Waals surface area contributed by atoms with Crippen LogP contribution in [-0.4, -0.2) is 13.3 Å². The number of rotatable bonds is 2. The zero-order valence-electron chi connectivity index (χ0n) is 9.79. The fourth-order valence-corrected chi connectivity index (χ4v) is 0.827. The molecule has 0 fully saturated rings. The molecule has 2 heteroatoms. The van der Waals surface area contributed by atoms with Gasteiger partial charge in [-0.3, -0.25) is 4.79 Å². The van der Waals surface area contributed by atoms with Gasteiger partial charge in [-0.2, -0.15) is 0 Å². The van der Waals surface area contributed by atoms with Gasteiger partial charge in [0.25, 0.3) is 0 Å². The lowest BCUT2D eigenvalue weighted by atomic mass is 10.2. The minimum absolute atomic E-state index is 0.699. The summed E-state index contributed by atoms with van der Waals surface area (Å²) in [6.45, 7) is 8.00. The molecule has 1 rings (SSSR count). The van der Waals surface area contributed by atoms with Crippen LogP contribution in [0.3, 0.4) is 0 Å². The van der Waals surface area contributed by atoms with E-state index in [1.807, 2.05) is 45.9 Å². The predicted molar refractivity (Wildman–Crippen MR) is 64.1 cm³/mol. The maximum Gasteiger partial charge on any atom is 0.152 e. The maximum atomic E-state index is 10.3. The molecule has 0 aliphatic rings. The lowest BCUT2D eigenvalue weighted by Crippen LogP contribution is -1.92. The second-order valence-electron chi connectivity index (χ2n) is 1.96. The summed E-state index contributed by atoms with van der Waals surface area (Å²) in [6.07, 6.45) is 0.839. The van der Waals surface area contributed by atoms with E-state index >= 15 is 0 Å². The summed E-state index contributed by atoms with van der Waals surface area (Å²) in [4.78, 5) is 10.3. The first kappa shape index (κ1) is 15.2. The van der Waals surface area contributed by atoms with E-state index in [9.17, 15) is 4.79 Å². The van der Waals surface area contributed by atoms with Crippen molar-refractivity contribution in [3.05, 3.63) is 29.8 Å². The molecule has 1 N–H and O–H groups in total. The quantitative estimate of drug-likeness (QED) is 0.731. The van der Waals surface area contributed by atoms with Gasteiger partial charge in [-0.1, -0.05) is 39.8 Å². The smallest absolute Gasteiger partial charge is 0.152 e. The molecule has 0 aliphatic carbocycles.